The minimum atomic E-state index is 0.129. The Morgan fingerprint density at radius 3 is 2.80 bits per heavy atom. The Hall–Kier alpha value is -1.62. The highest BCUT2D eigenvalue weighted by atomic mass is 16.1. The lowest BCUT2D eigenvalue weighted by molar-refractivity contribution is -0.121. The number of amides is 1. The van der Waals surface area contributed by atoms with Crippen LogP contribution in [0.25, 0.3) is 0 Å². The van der Waals surface area contributed by atoms with Crippen LogP contribution in [0.2, 0.25) is 0 Å². The molecule has 0 radical (unpaired) electrons. The molecule has 0 bridgehead atoms. The summed E-state index contributed by atoms with van der Waals surface area (Å²) in [6.45, 7) is 0.755. The van der Waals surface area contributed by atoms with E-state index >= 15 is 0 Å². The maximum absolute atomic E-state index is 12.3. The molecule has 0 unspecified atom stereocenters. The van der Waals surface area contributed by atoms with Gasteiger partial charge in [0.15, 0.2) is 0 Å². The molecule has 1 aliphatic rings. The molecule has 110 valence electrons. The van der Waals surface area contributed by atoms with Crippen molar-refractivity contribution in [3.05, 3.63) is 18.3 Å². The summed E-state index contributed by atoms with van der Waals surface area (Å²) in [4.78, 5) is 16.4. The second-order valence-corrected chi connectivity index (χ2v) is 5.46. The highest BCUT2D eigenvalue weighted by Gasteiger charge is 2.25. The van der Waals surface area contributed by atoms with Gasteiger partial charge < -0.3 is 16.4 Å². The summed E-state index contributed by atoms with van der Waals surface area (Å²) in [6, 6.07) is 3.66. The van der Waals surface area contributed by atoms with Crippen LogP contribution >= 0.6 is 0 Å². The van der Waals surface area contributed by atoms with Gasteiger partial charge in [-0.2, -0.15) is 0 Å². The van der Waals surface area contributed by atoms with Gasteiger partial charge >= 0.3 is 0 Å². The van der Waals surface area contributed by atoms with Gasteiger partial charge in [0.1, 0.15) is 5.82 Å². The van der Waals surface area contributed by atoms with Gasteiger partial charge in [-0.05, 0) is 50.6 Å². The predicted molar refractivity (Wildman–Crippen MR) is 81.5 cm³/mol. The molecule has 1 aromatic heterocycles. The molecule has 0 saturated heterocycles. The van der Waals surface area contributed by atoms with E-state index in [1.165, 1.54) is 0 Å². The SMILES string of the molecule is CNc1cc(NC(=O)C2CCC(CCN)CC2)ccn1. The Morgan fingerprint density at radius 1 is 1.40 bits per heavy atom. The fraction of sp³-hybridized carbons (Fsp3) is 0.600. The summed E-state index contributed by atoms with van der Waals surface area (Å²) in [5.74, 6) is 1.73. The molecule has 0 atom stereocenters. The van der Waals surface area contributed by atoms with E-state index in [1.807, 2.05) is 19.2 Å². The Morgan fingerprint density at radius 2 is 2.15 bits per heavy atom. The fourth-order valence-corrected chi connectivity index (χ4v) is 2.84. The maximum atomic E-state index is 12.3. The summed E-state index contributed by atoms with van der Waals surface area (Å²) in [5.41, 5.74) is 6.40. The van der Waals surface area contributed by atoms with Gasteiger partial charge in [-0.25, -0.2) is 4.98 Å². The van der Waals surface area contributed by atoms with E-state index in [9.17, 15) is 4.79 Å². The molecule has 4 N–H and O–H groups in total. The standard InChI is InChI=1S/C15H24N4O/c1-17-14-10-13(7-9-18-14)19-15(20)12-4-2-11(3-5-12)6-8-16/h7,9-12H,2-6,8,16H2,1H3,(H2,17,18,19,20). The highest BCUT2D eigenvalue weighted by molar-refractivity contribution is 5.92. The Bertz CT molecular complexity index is 441. The van der Waals surface area contributed by atoms with Crippen LogP contribution in [0.15, 0.2) is 18.3 Å². The molecular weight excluding hydrogens is 252 g/mol. The molecule has 1 amide bonds. The monoisotopic (exact) mass is 276 g/mol. The normalized spacial score (nSPS) is 22.3. The van der Waals surface area contributed by atoms with Crippen molar-refractivity contribution in [2.75, 3.05) is 24.2 Å². The number of aromatic nitrogens is 1. The van der Waals surface area contributed by atoms with E-state index in [0.717, 1.165) is 50.2 Å². The van der Waals surface area contributed by atoms with Crippen molar-refractivity contribution in [1.29, 1.82) is 0 Å². The first-order chi connectivity index (χ1) is 9.72. The maximum Gasteiger partial charge on any atom is 0.227 e. The minimum Gasteiger partial charge on any atom is -0.373 e. The number of nitrogens with zero attached hydrogens (tertiary/aromatic N) is 1. The van der Waals surface area contributed by atoms with Crippen LogP contribution in [0, 0.1) is 11.8 Å². The van der Waals surface area contributed by atoms with E-state index in [2.05, 4.69) is 15.6 Å². The number of hydrogen-bond acceptors (Lipinski definition) is 4. The number of nitrogens with one attached hydrogen (secondary N) is 2. The molecule has 0 aromatic carbocycles. The number of anilines is 2. The van der Waals surface area contributed by atoms with Crippen molar-refractivity contribution in [2.45, 2.75) is 32.1 Å². The Kier molecular flexibility index (Phi) is 5.35. The molecule has 1 heterocycles. The van der Waals surface area contributed by atoms with Gasteiger partial charge in [0.25, 0.3) is 0 Å². The van der Waals surface area contributed by atoms with Gasteiger partial charge in [-0.15, -0.1) is 0 Å². The van der Waals surface area contributed by atoms with Gasteiger partial charge in [0.05, 0.1) is 0 Å². The zero-order valence-electron chi connectivity index (χ0n) is 12.1. The third-order valence-electron chi connectivity index (χ3n) is 4.08. The smallest absolute Gasteiger partial charge is 0.227 e. The third-order valence-corrected chi connectivity index (χ3v) is 4.08. The van der Waals surface area contributed by atoms with Crippen LogP contribution in [0.4, 0.5) is 11.5 Å². The van der Waals surface area contributed by atoms with Crippen molar-refractivity contribution < 1.29 is 4.79 Å². The number of rotatable bonds is 5. The first-order valence-corrected chi connectivity index (χ1v) is 7.37. The zero-order chi connectivity index (χ0) is 14.4. The van der Waals surface area contributed by atoms with E-state index in [1.54, 1.807) is 6.20 Å². The predicted octanol–water partition coefficient (Wildman–Crippen LogP) is 2.22. The van der Waals surface area contributed by atoms with E-state index in [0.29, 0.717) is 5.92 Å². The number of carbonyl (C=O) groups is 1. The van der Waals surface area contributed by atoms with Crippen molar-refractivity contribution in [3.8, 4) is 0 Å². The van der Waals surface area contributed by atoms with E-state index in [-0.39, 0.29) is 11.8 Å². The number of carbonyl (C=O) groups excluding carboxylic acids is 1. The Labute approximate surface area is 120 Å². The summed E-state index contributed by atoms with van der Waals surface area (Å²) >= 11 is 0. The molecule has 1 saturated carbocycles. The molecular formula is C15H24N4O. The molecule has 1 aliphatic carbocycles. The molecule has 5 nitrogen and oxygen atoms in total. The third kappa shape index (κ3) is 3.93. The van der Waals surface area contributed by atoms with Gasteiger partial charge in [-0.1, -0.05) is 0 Å². The van der Waals surface area contributed by atoms with Crippen LogP contribution in [-0.2, 0) is 4.79 Å². The number of hydrogen-bond donors (Lipinski definition) is 3. The largest absolute Gasteiger partial charge is 0.373 e. The lowest BCUT2D eigenvalue weighted by Crippen LogP contribution is -2.27. The molecule has 1 aromatic rings. The lowest BCUT2D eigenvalue weighted by Gasteiger charge is -2.27. The summed E-state index contributed by atoms with van der Waals surface area (Å²) < 4.78 is 0. The van der Waals surface area contributed by atoms with E-state index in [4.69, 9.17) is 5.73 Å². The summed E-state index contributed by atoms with van der Waals surface area (Å²) in [7, 11) is 1.81. The van der Waals surface area contributed by atoms with Crippen LogP contribution in [0.5, 0.6) is 0 Å². The molecule has 0 spiro atoms. The van der Waals surface area contributed by atoms with E-state index < -0.39 is 0 Å². The first kappa shape index (κ1) is 14.8. The molecule has 0 aliphatic heterocycles. The van der Waals surface area contributed by atoms with Crippen molar-refractivity contribution in [2.24, 2.45) is 17.6 Å². The topological polar surface area (TPSA) is 80.0 Å². The Balaban J connectivity index is 1.86. The molecule has 1 fully saturated rings. The van der Waals surface area contributed by atoms with Crippen LogP contribution in [-0.4, -0.2) is 24.5 Å². The summed E-state index contributed by atoms with van der Waals surface area (Å²) in [5, 5.41) is 5.96. The second-order valence-electron chi connectivity index (χ2n) is 5.46. The average Bonchev–Trinajstić information content (AvgIpc) is 2.48. The van der Waals surface area contributed by atoms with Gasteiger partial charge in [-0.3, -0.25) is 4.79 Å². The quantitative estimate of drug-likeness (QED) is 0.770. The highest BCUT2D eigenvalue weighted by Crippen LogP contribution is 2.31. The number of nitrogens with two attached hydrogens (primary N) is 1. The van der Waals surface area contributed by atoms with Crippen LogP contribution < -0.4 is 16.4 Å². The second kappa shape index (κ2) is 7.24. The lowest BCUT2D eigenvalue weighted by atomic mass is 9.80. The van der Waals surface area contributed by atoms with Crippen molar-refractivity contribution in [3.63, 3.8) is 0 Å². The van der Waals surface area contributed by atoms with Gasteiger partial charge in [0, 0.05) is 30.9 Å². The van der Waals surface area contributed by atoms with Crippen molar-refractivity contribution >= 4 is 17.4 Å². The molecule has 5 heteroatoms. The van der Waals surface area contributed by atoms with Crippen molar-refractivity contribution in [1.82, 2.24) is 4.98 Å². The molecule has 2 rings (SSSR count). The van der Waals surface area contributed by atoms with Gasteiger partial charge in [0.2, 0.25) is 5.91 Å². The zero-order valence-corrected chi connectivity index (χ0v) is 12.1. The average molecular weight is 276 g/mol. The molecule has 20 heavy (non-hydrogen) atoms. The number of pyridine rings is 1. The van der Waals surface area contributed by atoms with Crippen LogP contribution in [0.3, 0.4) is 0 Å². The van der Waals surface area contributed by atoms with Crippen LogP contribution in [0.1, 0.15) is 32.1 Å². The minimum absolute atomic E-state index is 0.129. The summed E-state index contributed by atoms with van der Waals surface area (Å²) in [6.07, 6.45) is 6.96. The first-order valence-electron chi connectivity index (χ1n) is 7.37. The fourth-order valence-electron chi connectivity index (χ4n) is 2.84.